The summed E-state index contributed by atoms with van der Waals surface area (Å²) >= 11 is 0. The van der Waals surface area contributed by atoms with E-state index in [9.17, 15) is 9.59 Å². The van der Waals surface area contributed by atoms with Gasteiger partial charge in [-0.2, -0.15) is 0 Å². The molecule has 1 aliphatic heterocycles. The number of para-hydroxylation sites is 1. The zero-order valence-electron chi connectivity index (χ0n) is 19.0. The molecule has 4 rings (SSSR count). The number of nitrogens with two attached hydrogens (primary N) is 1. The number of H-pyrrole nitrogens is 1. The lowest BCUT2D eigenvalue weighted by Gasteiger charge is -2.28. The molecule has 172 valence electrons. The molecule has 0 bridgehead atoms. The van der Waals surface area contributed by atoms with Gasteiger partial charge < -0.3 is 24.9 Å². The first-order valence-electron chi connectivity index (χ1n) is 11.1. The second kappa shape index (κ2) is 9.40. The SMILES string of the molecule is CCOC(=O)C1=C(N)Oc2c(c(=O)[nH]c3ccccc23)C1c1ccc(OCCC(C)C)cc1. The predicted molar refractivity (Wildman–Crippen MR) is 126 cm³/mol. The molecule has 0 fully saturated rings. The molecule has 0 aliphatic carbocycles. The van der Waals surface area contributed by atoms with Crippen LogP contribution < -0.4 is 20.8 Å². The van der Waals surface area contributed by atoms with Crippen molar-refractivity contribution in [3.8, 4) is 11.5 Å². The van der Waals surface area contributed by atoms with E-state index in [1.165, 1.54) is 0 Å². The molecule has 2 aromatic carbocycles. The summed E-state index contributed by atoms with van der Waals surface area (Å²) in [5.74, 6) is 0.181. The Hall–Kier alpha value is -3.74. The smallest absolute Gasteiger partial charge is 0.340 e. The van der Waals surface area contributed by atoms with Crippen LogP contribution in [0.4, 0.5) is 0 Å². The monoisotopic (exact) mass is 448 g/mol. The molecule has 1 aromatic heterocycles. The van der Waals surface area contributed by atoms with E-state index >= 15 is 0 Å². The van der Waals surface area contributed by atoms with Crippen LogP contribution in [0.15, 0.2) is 64.8 Å². The van der Waals surface area contributed by atoms with E-state index < -0.39 is 11.9 Å². The topological polar surface area (TPSA) is 104 Å². The molecule has 7 heteroatoms. The number of fused-ring (bicyclic) bond motifs is 3. The normalized spacial score (nSPS) is 15.3. The van der Waals surface area contributed by atoms with Gasteiger partial charge >= 0.3 is 5.97 Å². The number of ether oxygens (including phenoxy) is 3. The summed E-state index contributed by atoms with van der Waals surface area (Å²) in [4.78, 5) is 29.0. The highest BCUT2D eigenvalue weighted by molar-refractivity contribution is 5.95. The third-order valence-corrected chi connectivity index (χ3v) is 5.64. The van der Waals surface area contributed by atoms with Gasteiger partial charge in [0, 0.05) is 5.39 Å². The predicted octanol–water partition coefficient (Wildman–Crippen LogP) is 4.21. The van der Waals surface area contributed by atoms with Gasteiger partial charge in [0.15, 0.2) is 0 Å². The molecule has 33 heavy (non-hydrogen) atoms. The van der Waals surface area contributed by atoms with E-state index in [0.717, 1.165) is 6.42 Å². The summed E-state index contributed by atoms with van der Waals surface area (Å²) in [5, 5.41) is 0.705. The number of rotatable bonds is 7. The number of carbonyl (C=O) groups is 1. The largest absolute Gasteiger partial charge is 0.494 e. The standard InChI is InChI=1S/C26H28N2O5/c1-4-31-26(30)22-20(16-9-11-17(12-10-16)32-14-13-15(2)3)21-23(33-24(22)27)18-7-5-6-8-19(18)28-25(21)29/h5-12,15,20H,4,13-14,27H2,1-3H3,(H,28,29). The number of hydrogen-bond donors (Lipinski definition) is 2. The van der Waals surface area contributed by atoms with Crippen molar-refractivity contribution < 1.29 is 19.0 Å². The number of esters is 1. The molecule has 0 spiro atoms. The first-order chi connectivity index (χ1) is 15.9. The number of nitrogens with one attached hydrogen (secondary N) is 1. The van der Waals surface area contributed by atoms with Gasteiger partial charge in [-0.15, -0.1) is 0 Å². The van der Waals surface area contributed by atoms with E-state index in [-0.39, 0.29) is 23.6 Å². The molecule has 1 aliphatic rings. The summed E-state index contributed by atoms with van der Waals surface area (Å²) in [6, 6.07) is 14.7. The molecule has 0 radical (unpaired) electrons. The van der Waals surface area contributed by atoms with Gasteiger partial charge in [-0.25, -0.2) is 4.79 Å². The molecule has 1 atom stereocenters. The van der Waals surface area contributed by atoms with Crippen molar-refractivity contribution in [3.05, 3.63) is 81.5 Å². The van der Waals surface area contributed by atoms with Crippen LogP contribution in [0.25, 0.3) is 10.9 Å². The van der Waals surface area contributed by atoms with Crippen LogP contribution in [0.2, 0.25) is 0 Å². The maximum Gasteiger partial charge on any atom is 0.340 e. The minimum absolute atomic E-state index is 0.0704. The van der Waals surface area contributed by atoms with E-state index in [1.54, 1.807) is 13.0 Å². The van der Waals surface area contributed by atoms with E-state index in [4.69, 9.17) is 19.9 Å². The van der Waals surface area contributed by atoms with Crippen LogP contribution in [0.5, 0.6) is 11.5 Å². The third kappa shape index (κ3) is 4.44. The molecule has 3 N–H and O–H groups in total. The maximum atomic E-state index is 13.2. The lowest BCUT2D eigenvalue weighted by Crippen LogP contribution is -2.32. The summed E-state index contributed by atoms with van der Waals surface area (Å²) < 4.78 is 16.9. The minimum atomic E-state index is -0.745. The molecular weight excluding hydrogens is 420 g/mol. The lowest BCUT2D eigenvalue weighted by atomic mass is 9.83. The molecule has 0 saturated heterocycles. The van der Waals surface area contributed by atoms with Crippen molar-refractivity contribution in [2.75, 3.05) is 13.2 Å². The Kier molecular flexibility index (Phi) is 6.40. The van der Waals surface area contributed by atoms with E-state index in [1.807, 2.05) is 42.5 Å². The number of benzene rings is 2. The highest BCUT2D eigenvalue weighted by Crippen LogP contribution is 2.43. The Morgan fingerprint density at radius 3 is 2.58 bits per heavy atom. The Morgan fingerprint density at radius 1 is 1.15 bits per heavy atom. The summed E-state index contributed by atoms with van der Waals surface area (Å²) in [7, 11) is 0. The van der Waals surface area contributed by atoms with Crippen molar-refractivity contribution >= 4 is 16.9 Å². The van der Waals surface area contributed by atoms with Crippen molar-refractivity contribution in [2.45, 2.75) is 33.1 Å². The third-order valence-electron chi connectivity index (χ3n) is 5.64. The minimum Gasteiger partial charge on any atom is -0.494 e. The van der Waals surface area contributed by atoms with Gasteiger partial charge in [-0.1, -0.05) is 38.1 Å². The zero-order chi connectivity index (χ0) is 23.5. The molecular formula is C26H28N2O5. The summed E-state index contributed by atoms with van der Waals surface area (Å²) in [6.07, 6.45) is 0.948. The highest BCUT2D eigenvalue weighted by Gasteiger charge is 2.38. The van der Waals surface area contributed by atoms with Crippen molar-refractivity contribution in [1.82, 2.24) is 4.98 Å². The average Bonchev–Trinajstić information content (AvgIpc) is 2.78. The number of carbonyl (C=O) groups excluding carboxylic acids is 1. The average molecular weight is 449 g/mol. The first-order valence-corrected chi connectivity index (χ1v) is 11.1. The van der Waals surface area contributed by atoms with Crippen molar-refractivity contribution in [2.24, 2.45) is 11.7 Å². The Balaban J connectivity index is 1.82. The highest BCUT2D eigenvalue weighted by atomic mass is 16.5. The molecule has 0 saturated carbocycles. The number of hydrogen-bond acceptors (Lipinski definition) is 6. The van der Waals surface area contributed by atoms with Crippen LogP contribution in [0, 0.1) is 5.92 Å². The van der Waals surface area contributed by atoms with Gasteiger partial charge in [0.05, 0.1) is 30.2 Å². The second-order valence-corrected chi connectivity index (χ2v) is 8.38. The summed E-state index contributed by atoms with van der Waals surface area (Å²) in [6.45, 7) is 6.79. The van der Waals surface area contributed by atoms with Crippen molar-refractivity contribution in [1.29, 1.82) is 0 Å². The van der Waals surface area contributed by atoms with Gasteiger partial charge in [-0.05, 0) is 49.1 Å². The van der Waals surface area contributed by atoms with Gasteiger partial charge in [-0.3, -0.25) is 4.79 Å². The van der Waals surface area contributed by atoms with Crippen LogP contribution in [0.3, 0.4) is 0 Å². The quantitative estimate of drug-likeness (QED) is 0.525. The Morgan fingerprint density at radius 2 is 1.88 bits per heavy atom. The fraction of sp³-hybridized carbons (Fsp3) is 0.308. The fourth-order valence-corrected chi connectivity index (χ4v) is 3.98. The molecule has 0 amide bonds. The second-order valence-electron chi connectivity index (χ2n) is 8.38. The van der Waals surface area contributed by atoms with E-state index in [0.29, 0.717) is 46.1 Å². The van der Waals surface area contributed by atoms with Gasteiger partial charge in [0.1, 0.15) is 17.1 Å². The van der Waals surface area contributed by atoms with Crippen LogP contribution >= 0.6 is 0 Å². The molecule has 3 aromatic rings. The Bertz CT molecular complexity index is 1260. The van der Waals surface area contributed by atoms with Crippen LogP contribution in [0.1, 0.15) is 44.2 Å². The lowest BCUT2D eigenvalue weighted by molar-refractivity contribution is -0.139. The summed E-state index contributed by atoms with van der Waals surface area (Å²) in [5.41, 5.74) is 7.66. The Labute approximate surface area is 192 Å². The van der Waals surface area contributed by atoms with Crippen molar-refractivity contribution in [3.63, 3.8) is 0 Å². The molecule has 1 unspecified atom stereocenters. The first kappa shape index (κ1) is 22.5. The number of pyridine rings is 1. The fourth-order valence-electron chi connectivity index (χ4n) is 3.98. The molecule has 2 heterocycles. The maximum absolute atomic E-state index is 13.2. The number of aromatic nitrogens is 1. The van der Waals surface area contributed by atoms with Gasteiger partial charge in [0.25, 0.3) is 5.56 Å². The zero-order valence-corrected chi connectivity index (χ0v) is 19.0. The van der Waals surface area contributed by atoms with Crippen LogP contribution in [-0.4, -0.2) is 24.2 Å². The van der Waals surface area contributed by atoms with Gasteiger partial charge in [0.2, 0.25) is 5.88 Å². The van der Waals surface area contributed by atoms with E-state index in [2.05, 4.69) is 18.8 Å². The molecule has 7 nitrogen and oxygen atoms in total. The number of aromatic amines is 1. The van der Waals surface area contributed by atoms with Crippen LogP contribution in [-0.2, 0) is 9.53 Å².